The molecule has 0 bridgehead atoms. The van der Waals surface area contributed by atoms with E-state index in [2.05, 4.69) is 19.2 Å². The molecular weight excluding hydrogens is 345 g/mol. The number of hydrogen-bond donors (Lipinski definition) is 1. The summed E-state index contributed by atoms with van der Waals surface area (Å²) in [7, 11) is 0.962. The molecule has 1 rings (SSSR count). The standard InChI is InChI=1S/C16H23BNO6S/c1-6-12(20)24-15(2,3)7-8-23-16(4,5)14(22)17-18-11(19)9-10(25)13(18)21/h6,10,25H,1,7-9H2,2-5H3. The number of rotatable bonds is 9. The van der Waals surface area contributed by atoms with Crippen LogP contribution in [-0.2, 0) is 28.7 Å². The summed E-state index contributed by atoms with van der Waals surface area (Å²) in [6, 6.07) is 0. The Hall–Kier alpha value is -1.61. The van der Waals surface area contributed by atoms with Crippen LogP contribution in [0, 0.1) is 0 Å². The summed E-state index contributed by atoms with van der Waals surface area (Å²) in [6.07, 6.45) is 1.39. The SMILES string of the molecule is C=CC(=O)OC(C)(C)CCOC(C)(C)C(=O)[B]N1C(=O)CC(S)C1=O. The highest BCUT2D eigenvalue weighted by molar-refractivity contribution is 7.81. The average molecular weight is 368 g/mol. The summed E-state index contributed by atoms with van der Waals surface area (Å²) >= 11 is 4.00. The van der Waals surface area contributed by atoms with Crippen LogP contribution in [0.1, 0.15) is 40.5 Å². The minimum absolute atomic E-state index is 0.0319. The van der Waals surface area contributed by atoms with E-state index in [9.17, 15) is 19.2 Å². The van der Waals surface area contributed by atoms with Crippen molar-refractivity contribution in [1.82, 2.24) is 4.81 Å². The first-order valence-electron chi connectivity index (χ1n) is 7.82. The zero-order valence-corrected chi connectivity index (χ0v) is 15.8. The maximum absolute atomic E-state index is 12.3. The quantitative estimate of drug-likeness (QED) is 0.214. The van der Waals surface area contributed by atoms with Crippen molar-refractivity contribution in [2.24, 2.45) is 0 Å². The molecule has 0 spiro atoms. The smallest absolute Gasteiger partial charge is 0.349 e. The van der Waals surface area contributed by atoms with Crippen LogP contribution in [0.3, 0.4) is 0 Å². The first-order valence-corrected chi connectivity index (χ1v) is 8.34. The van der Waals surface area contributed by atoms with E-state index in [1.165, 1.54) is 13.8 Å². The Morgan fingerprint density at radius 3 is 2.44 bits per heavy atom. The van der Waals surface area contributed by atoms with Gasteiger partial charge in [-0.25, -0.2) is 4.79 Å². The Morgan fingerprint density at radius 1 is 1.36 bits per heavy atom. The molecule has 0 saturated carbocycles. The first kappa shape index (κ1) is 21.4. The summed E-state index contributed by atoms with van der Waals surface area (Å²) in [5, 5.41) is -0.721. The van der Waals surface area contributed by atoms with Crippen molar-refractivity contribution < 1.29 is 28.7 Å². The lowest BCUT2D eigenvalue weighted by atomic mass is 9.75. The predicted molar refractivity (Wildman–Crippen MR) is 95.0 cm³/mol. The maximum atomic E-state index is 12.3. The van der Waals surface area contributed by atoms with Gasteiger partial charge in [-0.15, -0.1) is 0 Å². The molecule has 1 radical (unpaired) electrons. The third-order valence-electron chi connectivity index (χ3n) is 3.71. The average Bonchev–Trinajstić information content (AvgIpc) is 2.72. The second kappa shape index (κ2) is 8.18. The number of nitrogens with zero attached hydrogens (tertiary/aromatic N) is 1. The van der Waals surface area contributed by atoms with Gasteiger partial charge in [0, 0.05) is 18.9 Å². The molecule has 137 valence electrons. The van der Waals surface area contributed by atoms with E-state index in [0.29, 0.717) is 6.42 Å². The lowest BCUT2D eigenvalue weighted by molar-refractivity contribution is -0.154. The number of carbonyl (C=O) groups excluding carboxylic acids is 4. The molecule has 25 heavy (non-hydrogen) atoms. The van der Waals surface area contributed by atoms with Crippen molar-refractivity contribution in [2.75, 3.05) is 6.61 Å². The van der Waals surface area contributed by atoms with Gasteiger partial charge >= 0.3 is 13.4 Å². The van der Waals surface area contributed by atoms with Crippen LogP contribution in [0.4, 0.5) is 0 Å². The second-order valence-corrected chi connectivity index (χ2v) is 7.43. The molecule has 1 atom stereocenters. The van der Waals surface area contributed by atoms with Crippen molar-refractivity contribution in [1.29, 1.82) is 0 Å². The molecule has 1 saturated heterocycles. The van der Waals surface area contributed by atoms with E-state index < -0.39 is 39.9 Å². The van der Waals surface area contributed by atoms with Gasteiger partial charge in [0.05, 0.1) is 11.9 Å². The van der Waals surface area contributed by atoms with Crippen LogP contribution in [0.25, 0.3) is 0 Å². The van der Waals surface area contributed by atoms with Crippen LogP contribution in [0.2, 0.25) is 0 Å². The minimum Gasteiger partial charge on any atom is -0.456 e. The summed E-state index contributed by atoms with van der Waals surface area (Å²) < 4.78 is 10.8. The Balaban J connectivity index is 2.55. The highest BCUT2D eigenvalue weighted by atomic mass is 32.1. The van der Waals surface area contributed by atoms with Crippen molar-refractivity contribution in [3.05, 3.63) is 12.7 Å². The van der Waals surface area contributed by atoms with E-state index in [0.717, 1.165) is 18.3 Å². The predicted octanol–water partition coefficient (Wildman–Crippen LogP) is 0.883. The van der Waals surface area contributed by atoms with Crippen LogP contribution >= 0.6 is 12.6 Å². The molecule has 0 N–H and O–H groups in total. The van der Waals surface area contributed by atoms with Gasteiger partial charge in [-0.3, -0.25) is 9.59 Å². The topological polar surface area (TPSA) is 90.0 Å². The van der Waals surface area contributed by atoms with Crippen LogP contribution < -0.4 is 0 Å². The number of ether oxygens (including phenoxy) is 2. The van der Waals surface area contributed by atoms with Gasteiger partial charge in [-0.1, -0.05) is 6.58 Å². The Bertz CT molecular complexity index is 589. The largest absolute Gasteiger partial charge is 0.456 e. The molecule has 1 aliphatic heterocycles. The number of imide groups is 1. The molecule has 0 aromatic heterocycles. The fraction of sp³-hybridized carbons (Fsp3) is 0.625. The second-order valence-electron chi connectivity index (χ2n) is 6.81. The Labute approximate surface area is 153 Å². The van der Waals surface area contributed by atoms with Crippen molar-refractivity contribution in [3.8, 4) is 0 Å². The molecule has 0 aliphatic carbocycles. The van der Waals surface area contributed by atoms with Gasteiger partial charge < -0.3 is 19.1 Å². The van der Waals surface area contributed by atoms with Gasteiger partial charge in [-0.2, -0.15) is 12.6 Å². The molecule has 1 fully saturated rings. The van der Waals surface area contributed by atoms with Crippen LogP contribution in [-0.4, -0.2) is 58.8 Å². The Kier molecular flexibility index (Phi) is 7.02. The number of hydrogen-bond acceptors (Lipinski definition) is 7. The minimum atomic E-state index is -1.24. The molecular formula is C16H23BNO6S. The van der Waals surface area contributed by atoms with E-state index >= 15 is 0 Å². The van der Waals surface area contributed by atoms with E-state index in [-0.39, 0.29) is 13.0 Å². The van der Waals surface area contributed by atoms with Crippen molar-refractivity contribution in [3.63, 3.8) is 0 Å². The van der Waals surface area contributed by atoms with Gasteiger partial charge in [0.25, 0.3) is 0 Å². The van der Waals surface area contributed by atoms with Gasteiger partial charge in [-0.05, 0) is 27.7 Å². The summed E-state index contributed by atoms with van der Waals surface area (Å²) in [5.41, 5.74) is -2.54. The number of amides is 2. The lowest BCUT2D eigenvalue weighted by Crippen LogP contribution is -2.48. The zero-order chi connectivity index (χ0) is 19.4. The summed E-state index contributed by atoms with van der Waals surface area (Å²) in [4.78, 5) is 47.9. The van der Waals surface area contributed by atoms with Crippen molar-refractivity contribution >= 4 is 43.5 Å². The Morgan fingerprint density at radius 2 is 1.96 bits per heavy atom. The van der Waals surface area contributed by atoms with Crippen molar-refractivity contribution in [2.45, 2.75) is 57.0 Å². The highest BCUT2D eigenvalue weighted by Crippen LogP contribution is 2.21. The third-order valence-corrected chi connectivity index (χ3v) is 4.11. The molecule has 0 aromatic carbocycles. The summed E-state index contributed by atoms with van der Waals surface area (Å²) in [6.45, 7) is 9.98. The zero-order valence-electron chi connectivity index (χ0n) is 14.9. The molecule has 1 heterocycles. The number of esters is 1. The molecule has 7 nitrogen and oxygen atoms in total. The fourth-order valence-electron chi connectivity index (χ4n) is 2.03. The number of thiol groups is 1. The highest BCUT2D eigenvalue weighted by Gasteiger charge is 2.41. The fourth-order valence-corrected chi connectivity index (χ4v) is 2.31. The number of carbonyl (C=O) groups is 4. The van der Waals surface area contributed by atoms with E-state index in [1.54, 1.807) is 13.8 Å². The normalized spacial score (nSPS) is 18.3. The maximum Gasteiger partial charge on any atom is 0.349 e. The molecule has 1 unspecified atom stereocenters. The monoisotopic (exact) mass is 368 g/mol. The van der Waals surface area contributed by atoms with E-state index in [4.69, 9.17) is 9.47 Å². The van der Waals surface area contributed by atoms with Gasteiger partial charge in [0.15, 0.2) is 0 Å². The molecule has 1 aliphatic rings. The lowest BCUT2D eigenvalue weighted by Gasteiger charge is -2.29. The molecule has 9 heteroatoms. The van der Waals surface area contributed by atoms with Crippen LogP contribution in [0.15, 0.2) is 12.7 Å². The van der Waals surface area contributed by atoms with Gasteiger partial charge in [0.1, 0.15) is 16.9 Å². The van der Waals surface area contributed by atoms with Gasteiger partial charge in [0.2, 0.25) is 11.8 Å². The summed E-state index contributed by atoms with van der Waals surface area (Å²) in [5.74, 6) is -1.53. The van der Waals surface area contributed by atoms with E-state index in [1.807, 2.05) is 0 Å². The molecule has 0 aromatic rings. The first-order chi connectivity index (χ1) is 11.4. The third kappa shape index (κ3) is 6.00. The molecule has 2 amide bonds. The van der Waals surface area contributed by atoms with Crippen LogP contribution in [0.5, 0.6) is 0 Å².